The molecule has 11 N–H and O–H groups in total. The quantitative estimate of drug-likeness (QED) is 0.0506. The summed E-state index contributed by atoms with van der Waals surface area (Å²) in [6.07, 6.45) is 1.94. The van der Waals surface area contributed by atoms with Crippen LogP contribution in [0.2, 0.25) is 0 Å². The number of nitrogens with two attached hydrogens (primary N) is 1. The molecule has 0 fully saturated rings. The van der Waals surface area contributed by atoms with Crippen molar-refractivity contribution in [2.45, 2.75) is 97.6 Å². The van der Waals surface area contributed by atoms with Gasteiger partial charge in [-0.2, -0.15) is 0 Å². The Bertz CT molecular complexity index is 1650. The first-order valence-electron chi connectivity index (χ1n) is 18.2. The average molecular weight is 802 g/mol. The maximum atomic E-state index is 13.4. The van der Waals surface area contributed by atoms with Gasteiger partial charge < -0.3 is 53.4 Å². The maximum absolute atomic E-state index is 13.4. The van der Waals surface area contributed by atoms with Crippen molar-refractivity contribution in [2.24, 2.45) is 17.6 Å². The third-order valence-corrected chi connectivity index (χ3v) is 8.48. The third-order valence-electron chi connectivity index (χ3n) is 8.48. The first kappa shape index (κ1) is 48.7. The number of primary amides is 1. The fourth-order valence-electron chi connectivity index (χ4n) is 4.94. The Morgan fingerprint density at radius 1 is 0.667 bits per heavy atom. The molecule has 7 unspecified atom stereocenters. The highest BCUT2D eigenvalue weighted by atomic mass is 16.4. The number of carboxylic acids is 1. The van der Waals surface area contributed by atoms with Gasteiger partial charge in [-0.05, 0) is 31.2 Å². The van der Waals surface area contributed by atoms with Crippen molar-refractivity contribution >= 4 is 59.1 Å². The van der Waals surface area contributed by atoms with Gasteiger partial charge in [0.05, 0.1) is 6.54 Å². The van der Waals surface area contributed by atoms with Crippen LogP contribution in [0.25, 0.3) is 0 Å². The van der Waals surface area contributed by atoms with Crippen molar-refractivity contribution in [1.82, 2.24) is 42.5 Å². The van der Waals surface area contributed by atoms with E-state index in [1.165, 1.54) is 20.8 Å². The Morgan fingerprint density at radius 2 is 1.23 bits per heavy atom. The monoisotopic (exact) mass is 801 g/mol. The van der Waals surface area contributed by atoms with Crippen molar-refractivity contribution in [1.29, 1.82) is 0 Å². The number of carboxylic acid groups (broad SMARTS) is 1. The molecule has 9 amide bonds. The number of hydrogen-bond donors (Lipinski definition) is 10. The number of nitrogens with one attached hydrogen (secondary N) is 8. The number of aliphatic carboxylic acids is 1. The van der Waals surface area contributed by atoms with Crippen molar-refractivity contribution in [3.05, 3.63) is 48.0 Å². The largest absolute Gasteiger partial charge is 0.480 e. The van der Waals surface area contributed by atoms with E-state index < -0.39 is 114 Å². The van der Waals surface area contributed by atoms with Crippen LogP contribution in [0, 0.1) is 11.8 Å². The summed E-state index contributed by atoms with van der Waals surface area (Å²) >= 11 is 0. The Morgan fingerprint density at radius 3 is 1.75 bits per heavy atom. The molecule has 7 atom stereocenters. The molecule has 0 saturated heterocycles. The Kier molecular flexibility index (Phi) is 20.7. The molecule has 1 aromatic rings. The number of benzene rings is 1. The fraction of sp³-hybridized carbons (Fsp3) is 0.514. The lowest BCUT2D eigenvalue weighted by Crippen LogP contribution is -2.60. The second kappa shape index (κ2) is 24.2. The summed E-state index contributed by atoms with van der Waals surface area (Å²) in [5.41, 5.74) is 6.04. The van der Waals surface area contributed by atoms with Crippen LogP contribution < -0.4 is 48.3 Å². The van der Waals surface area contributed by atoms with Crippen LogP contribution in [0.3, 0.4) is 0 Å². The average Bonchev–Trinajstić information content (AvgIpc) is 3.14. The molecule has 0 bridgehead atoms. The molecule has 0 aliphatic rings. The van der Waals surface area contributed by atoms with Crippen LogP contribution >= 0.6 is 0 Å². The zero-order chi connectivity index (χ0) is 43.4. The van der Waals surface area contributed by atoms with E-state index in [0.717, 1.165) is 12.2 Å². The second-order valence-electron chi connectivity index (χ2n) is 13.7. The van der Waals surface area contributed by atoms with Crippen molar-refractivity contribution in [3.8, 4) is 0 Å². The minimum atomic E-state index is -1.44. The van der Waals surface area contributed by atoms with Crippen molar-refractivity contribution in [3.63, 3.8) is 0 Å². The highest BCUT2D eigenvalue weighted by Gasteiger charge is 2.32. The van der Waals surface area contributed by atoms with E-state index in [1.807, 2.05) is 0 Å². The van der Waals surface area contributed by atoms with Gasteiger partial charge in [0, 0.05) is 32.0 Å². The van der Waals surface area contributed by atoms with Gasteiger partial charge in [0.2, 0.25) is 53.2 Å². The minimum Gasteiger partial charge on any atom is -0.480 e. The third kappa shape index (κ3) is 18.2. The van der Waals surface area contributed by atoms with Crippen LogP contribution in [0.1, 0.15) is 60.5 Å². The van der Waals surface area contributed by atoms with E-state index in [1.54, 1.807) is 58.0 Å². The zero-order valence-corrected chi connectivity index (χ0v) is 33.1. The van der Waals surface area contributed by atoms with Crippen LogP contribution in [-0.2, 0) is 54.4 Å². The van der Waals surface area contributed by atoms with Crippen LogP contribution in [0.5, 0.6) is 0 Å². The van der Waals surface area contributed by atoms with Gasteiger partial charge in [0.25, 0.3) is 0 Å². The highest BCUT2D eigenvalue weighted by Crippen LogP contribution is 2.10. The minimum absolute atomic E-state index is 0.0120. The Labute approximate surface area is 330 Å². The standard InChI is InChI=1S/C37H55N9O11/c1-8-20(4)31(36(55)42-22(6)34(53)45-30(19(2)3)32(38)51)46-35(54)26(17-39-23(7)47)44-28(49)15-14-27(48)41-21(5)33(52)40-18-29(50)43-25(37(56)57)16-24-12-10-9-11-13-24/h9-15,19-22,25-26,30-31H,8,16-18H2,1-7H3,(H2,38,51)(H,39,47)(H,40,52)(H,41,48)(H,42,55)(H,43,50)(H,44,49)(H,45,53)(H,46,54)(H,56,57). The molecule has 0 aliphatic heterocycles. The summed E-state index contributed by atoms with van der Waals surface area (Å²) in [6.45, 7) is 9.63. The summed E-state index contributed by atoms with van der Waals surface area (Å²) < 4.78 is 0. The molecule has 1 rings (SSSR count). The summed E-state index contributed by atoms with van der Waals surface area (Å²) in [7, 11) is 0. The topological polar surface area (TPSA) is 313 Å². The van der Waals surface area contributed by atoms with Crippen LogP contribution in [-0.4, -0.2) is 114 Å². The molecule has 1 aromatic carbocycles. The lowest BCUT2D eigenvalue weighted by atomic mass is 9.97. The van der Waals surface area contributed by atoms with E-state index in [2.05, 4.69) is 42.5 Å². The van der Waals surface area contributed by atoms with Crippen LogP contribution in [0.4, 0.5) is 0 Å². The predicted octanol–water partition coefficient (Wildman–Crippen LogP) is -2.74. The maximum Gasteiger partial charge on any atom is 0.326 e. The molecule has 57 heavy (non-hydrogen) atoms. The first-order chi connectivity index (χ1) is 26.7. The van der Waals surface area contributed by atoms with E-state index in [9.17, 15) is 53.1 Å². The smallest absolute Gasteiger partial charge is 0.326 e. The number of amides is 9. The normalized spacial score (nSPS) is 14.6. The number of carbonyl (C=O) groups is 10. The summed E-state index contributed by atoms with van der Waals surface area (Å²) in [5.74, 6) is -9.13. The van der Waals surface area contributed by atoms with E-state index in [4.69, 9.17) is 5.73 Å². The number of carbonyl (C=O) groups excluding carboxylic acids is 9. The molecule has 20 heteroatoms. The highest BCUT2D eigenvalue weighted by molar-refractivity contribution is 6.01. The van der Waals surface area contributed by atoms with Gasteiger partial charge in [-0.3, -0.25) is 43.2 Å². The number of hydrogen-bond acceptors (Lipinski definition) is 10. The number of rotatable bonds is 23. The summed E-state index contributed by atoms with van der Waals surface area (Å²) in [4.78, 5) is 125. The zero-order valence-electron chi connectivity index (χ0n) is 33.1. The second-order valence-corrected chi connectivity index (χ2v) is 13.7. The Balaban J connectivity index is 2.86. The SMILES string of the molecule is CCC(C)C(NC(=O)C(CNC(C)=O)NC(=O)C=CC(=O)NC(C)C(=O)NCC(=O)NC(Cc1ccccc1)C(=O)O)C(=O)NC(C)C(=O)NC(C(N)=O)C(C)C. The molecular formula is C37H55N9O11. The lowest BCUT2D eigenvalue weighted by Gasteiger charge is -2.28. The molecule has 0 heterocycles. The molecule has 314 valence electrons. The van der Waals surface area contributed by atoms with Gasteiger partial charge in [-0.1, -0.05) is 64.4 Å². The molecule has 0 aromatic heterocycles. The lowest BCUT2D eigenvalue weighted by molar-refractivity contribution is -0.141. The molecule has 20 nitrogen and oxygen atoms in total. The van der Waals surface area contributed by atoms with Gasteiger partial charge in [0.1, 0.15) is 36.3 Å². The van der Waals surface area contributed by atoms with Crippen molar-refractivity contribution in [2.75, 3.05) is 13.1 Å². The molecule has 0 radical (unpaired) electrons. The van der Waals surface area contributed by atoms with Gasteiger partial charge in [-0.25, -0.2) is 4.79 Å². The predicted molar refractivity (Wildman–Crippen MR) is 205 cm³/mol. The molecular weight excluding hydrogens is 746 g/mol. The van der Waals surface area contributed by atoms with Crippen LogP contribution in [0.15, 0.2) is 42.5 Å². The first-order valence-corrected chi connectivity index (χ1v) is 18.2. The van der Waals surface area contributed by atoms with Crippen molar-refractivity contribution < 1.29 is 53.1 Å². The fourth-order valence-corrected chi connectivity index (χ4v) is 4.94. The molecule has 0 saturated carbocycles. The van der Waals surface area contributed by atoms with Gasteiger partial charge in [-0.15, -0.1) is 0 Å². The molecule has 0 aliphatic carbocycles. The van der Waals surface area contributed by atoms with E-state index in [0.29, 0.717) is 12.0 Å². The summed E-state index contributed by atoms with van der Waals surface area (Å²) in [5, 5.41) is 28.6. The summed E-state index contributed by atoms with van der Waals surface area (Å²) in [6, 6.07) is 1.37. The Hall–Kier alpha value is -6.34. The van der Waals surface area contributed by atoms with E-state index >= 15 is 0 Å². The van der Waals surface area contributed by atoms with E-state index in [-0.39, 0.29) is 12.3 Å². The van der Waals surface area contributed by atoms with Gasteiger partial charge >= 0.3 is 5.97 Å². The van der Waals surface area contributed by atoms with Gasteiger partial charge in [0.15, 0.2) is 0 Å². The molecule has 0 spiro atoms.